The molecule has 1 aromatic heterocycles. The number of pyridine rings is 1. The highest BCUT2D eigenvalue weighted by atomic mass is 19.1. The van der Waals surface area contributed by atoms with Crippen molar-refractivity contribution >= 4 is 0 Å². The maximum atomic E-state index is 12.8. The molecule has 3 nitrogen and oxygen atoms in total. The van der Waals surface area contributed by atoms with Gasteiger partial charge in [-0.15, -0.1) is 0 Å². The second kappa shape index (κ2) is 6.25. The molecule has 0 bridgehead atoms. The topological polar surface area (TPSA) is 28.2 Å². The van der Waals surface area contributed by atoms with Gasteiger partial charge in [-0.1, -0.05) is 6.92 Å². The first kappa shape index (κ1) is 13.4. The van der Waals surface area contributed by atoms with Crippen LogP contribution in [0.4, 0.5) is 4.39 Å². The van der Waals surface area contributed by atoms with Crippen LogP contribution >= 0.6 is 0 Å². The lowest BCUT2D eigenvalue weighted by atomic mass is 10.1. The lowest BCUT2D eigenvalue weighted by Crippen LogP contribution is -2.32. The van der Waals surface area contributed by atoms with Crippen LogP contribution in [0.2, 0.25) is 0 Å². The summed E-state index contributed by atoms with van der Waals surface area (Å²) in [5.41, 5.74) is 0.924. The Hall–Kier alpha value is -1.00. The van der Waals surface area contributed by atoms with E-state index in [0.29, 0.717) is 0 Å². The fraction of sp³-hybridized carbons (Fsp3) is 0.643. The molecular formula is C14H22FN3. The van der Waals surface area contributed by atoms with Crippen LogP contribution in [0, 0.1) is 5.82 Å². The summed E-state index contributed by atoms with van der Waals surface area (Å²) in [4.78, 5) is 6.54. The second-order valence-electron chi connectivity index (χ2n) is 5.03. The Bertz CT molecular complexity index is 362. The summed E-state index contributed by atoms with van der Waals surface area (Å²) in [7, 11) is 2.18. The molecule has 4 heteroatoms. The quantitative estimate of drug-likeness (QED) is 0.806. The van der Waals surface area contributed by atoms with Gasteiger partial charge >= 0.3 is 0 Å². The van der Waals surface area contributed by atoms with E-state index in [9.17, 15) is 4.39 Å². The molecule has 1 aliphatic carbocycles. The Morgan fingerprint density at radius 3 is 2.83 bits per heavy atom. The molecule has 1 aromatic rings. The number of aromatic nitrogens is 1. The van der Waals surface area contributed by atoms with Crippen molar-refractivity contribution in [2.24, 2.45) is 0 Å². The smallest absolute Gasteiger partial charge is 0.141 e. The summed E-state index contributed by atoms with van der Waals surface area (Å²) in [5, 5.41) is 3.49. The van der Waals surface area contributed by atoms with Gasteiger partial charge in [-0.3, -0.25) is 4.98 Å². The zero-order chi connectivity index (χ0) is 13.0. The van der Waals surface area contributed by atoms with Crippen LogP contribution in [-0.4, -0.2) is 36.1 Å². The van der Waals surface area contributed by atoms with Crippen LogP contribution in [0.3, 0.4) is 0 Å². The van der Waals surface area contributed by atoms with Gasteiger partial charge in [0, 0.05) is 25.2 Å². The molecule has 0 aliphatic heterocycles. The number of likely N-dealkylation sites (N-methyl/N-ethyl adjacent to an activating group) is 1. The Morgan fingerprint density at radius 2 is 2.28 bits per heavy atom. The third-order valence-corrected chi connectivity index (χ3v) is 3.54. The summed E-state index contributed by atoms with van der Waals surface area (Å²) < 4.78 is 12.8. The first-order valence-electron chi connectivity index (χ1n) is 6.75. The van der Waals surface area contributed by atoms with Gasteiger partial charge in [0.25, 0.3) is 0 Å². The van der Waals surface area contributed by atoms with E-state index in [4.69, 9.17) is 0 Å². The van der Waals surface area contributed by atoms with E-state index in [-0.39, 0.29) is 11.9 Å². The fourth-order valence-corrected chi connectivity index (χ4v) is 2.16. The van der Waals surface area contributed by atoms with Crippen molar-refractivity contribution in [2.45, 2.75) is 38.3 Å². The molecule has 0 amide bonds. The van der Waals surface area contributed by atoms with Gasteiger partial charge in [0.2, 0.25) is 0 Å². The molecule has 1 saturated carbocycles. The zero-order valence-electron chi connectivity index (χ0n) is 11.2. The van der Waals surface area contributed by atoms with Crippen molar-refractivity contribution in [3.05, 3.63) is 29.8 Å². The molecule has 18 heavy (non-hydrogen) atoms. The van der Waals surface area contributed by atoms with Crippen LogP contribution < -0.4 is 5.32 Å². The van der Waals surface area contributed by atoms with Crippen LogP contribution in [0.1, 0.15) is 37.9 Å². The van der Waals surface area contributed by atoms with Crippen molar-refractivity contribution in [3.8, 4) is 0 Å². The molecule has 1 unspecified atom stereocenters. The number of nitrogens with one attached hydrogen (secondary N) is 1. The van der Waals surface area contributed by atoms with E-state index in [2.05, 4.69) is 29.2 Å². The van der Waals surface area contributed by atoms with Crippen molar-refractivity contribution in [2.75, 3.05) is 20.1 Å². The van der Waals surface area contributed by atoms with Crippen LogP contribution in [0.5, 0.6) is 0 Å². The molecule has 0 saturated heterocycles. The minimum Gasteiger partial charge on any atom is -0.307 e. The molecule has 1 atom stereocenters. The van der Waals surface area contributed by atoms with Gasteiger partial charge in [0.1, 0.15) is 5.82 Å². The summed E-state index contributed by atoms with van der Waals surface area (Å²) in [6.45, 7) is 4.13. The number of nitrogens with zero attached hydrogens (tertiary/aromatic N) is 2. The number of hydrogen-bond acceptors (Lipinski definition) is 3. The summed E-state index contributed by atoms with van der Waals surface area (Å²) in [6, 6.07) is 4.26. The third-order valence-electron chi connectivity index (χ3n) is 3.54. The van der Waals surface area contributed by atoms with Crippen LogP contribution in [0.25, 0.3) is 0 Å². The summed E-state index contributed by atoms with van der Waals surface area (Å²) >= 11 is 0. The fourth-order valence-electron chi connectivity index (χ4n) is 2.16. The number of rotatable bonds is 7. The Morgan fingerprint density at radius 1 is 1.50 bits per heavy atom. The van der Waals surface area contributed by atoms with Gasteiger partial charge in [-0.2, -0.15) is 0 Å². The van der Waals surface area contributed by atoms with E-state index in [0.717, 1.165) is 31.2 Å². The third kappa shape index (κ3) is 3.75. The van der Waals surface area contributed by atoms with Gasteiger partial charge in [-0.25, -0.2) is 4.39 Å². The normalized spacial score (nSPS) is 17.1. The molecule has 1 fully saturated rings. The zero-order valence-corrected chi connectivity index (χ0v) is 11.2. The van der Waals surface area contributed by atoms with E-state index in [1.807, 2.05) is 0 Å². The molecular weight excluding hydrogens is 229 g/mol. The average molecular weight is 251 g/mol. The van der Waals surface area contributed by atoms with Crippen molar-refractivity contribution in [1.29, 1.82) is 0 Å². The maximum absolute atomic E-state index is 12.8. The lowest BCUT2D eigenvalue weighted by Gasteiger charge is -2.20. The minimum absolute atomic E-state index is 0.221. The highest BCUT2D eigenvalue weighted by Crippen LogP contribution is 2.24. The van der Waals surface area contributed by atoms with E-state index in [1.165, 1.54) is 25.1 Å². The molecule has 2 rings (SSSR count). The highest BCUT2D eigenvalue weighted by molar-refractivity contribution is 5.09. The van der Waals surface area contributed by atoms with Gasteiger partial charge in [-0.05, 0) is 38.4 Å². The predicted molar refractivity (Wildman–Crippen MR) is 70.9 cm³/mol. The Labute approximate surface area is 108 Å². The van der Waals surface area contributed by atoms with E-state index < -0.39 is 0 Å². The first-order valence-corrected chi connectivity index (χ1v) is 6.75. The minimum atomic E-state index is -0.276. The monoisotopic (exact) mass is 251 g/mol. The van der Waals surface area contributed by atoms with E-state index >= 15 is 0 Å². The maximum Gasteiger partial charge on any atom is 0.141 e. The Balaban J connectivity index is 1.79. The Kier molecular flexibility index (Phi) is 4.66. The predicted octanol–water partition coefficient (Wildman–Crippen LogP) is 2.36. The largest absolute Gasteiger partial charge is 0.307 e. The molecule has 100 valence electrons. The van der Waals surface area contributed by atoms with Gasteiger partial charge in [0.15, 0.2) is 0 Å². The van der Waals surface area contributed by atoms with Crippen LogP contribution in [-0.2, 0) is 0 Å². The molecule has 0 radical (unpaired) electrons. The summed E-state index contributed by atoms with van der Waals surface area (Å²) in [5.74, 6) is -0.276. The highest BCUT2D eigenvalue weighted by Gasteiger charge is 2.25. The van der Waals surface area contributed by atoms with Crippen molar-refractivity contribution < 1.29 is 4.39 Å². The first-order chi connectivity index (χ1) is 8.70. The SMILES string of the molecule is CCC(NCCN(C)C1CC1)c1ccc(F)cn1. The lowest BCUT2D eigenvalue weighted by molar-refractivity contribution is 0.313. The molecule has 1 aliphatic rings. The van der Waals surface area contributed by atoms with Crippen molar-refractivity contribution in [3.63, 3.8) is 0 Å². The van der Waals surface area contributed by atoms with E-state index in [1.54, 1.807) is 6.07 Å². The summed E-state index contributed by atoms with van der Waals surface area (Å²) in [6.07, 6.45) is 4.93. The van der Waals surface area contributed by atoms with Gasteiger partial charge < -0.3 is 10.2 Å². The number of hydrogen-bond donors (Lipinski definition) is 1. The molecule has 1 N–H and O–H groups in total. The van der Waals surface area contributed by atoms with Gasteiger partial charge in [0.05, 0.1) is 11.9 Å². The van der Waals surface area contributed by atoms with Crippen molar-refractivity contribution in [1.82, 2.24) is 15.2 Å². The number of halogens is 1. The molecule has 0 aromatic carbocycles. The standard InChI is InChI=1S/C14H22FN3/c1-3-13(14-7-4-11(15)10-17-14)16-8-9-18(2)12-5-6-12/h4,7,10,12-13,16H,3,5-6,8-9H2,1-2H3. The molecule has 0 spiro atoms. The second-order valence-corrected chi connectivity index (χ2v) is 5.03. The van der Waals surface area contributed by atoms with Crippen LogP contribution in [0.15, 0.2) is 18.3 Å². The average Bonchev–Trinajstić information content (AvgIpc) is 3.20. The molecule has 1 heterocycles.